The topological polar surface area (TPSA) is 39.1 Å². The second kappa shape index (κ2) is 6.11. The largest absolute Gasteiger partial charge is 0.447 e. The lowest BCUT2D eigenvalue weighted by Crippen LogP contribution is -2.30. The summed E-state index contributed by atoms with van der Waals surface area (Å²) in [4.78, 5) is 0. The highest BCUT2D eigenvalue weighted by Gasteiger charge is 2.46. The Hall–Kier alpha value is -3.79. The first-order valence-corrected chi connectivity index (χ1v) is 9.79. The number of nitrogens with one attached hydrogen (secondary N) is 1. The normalized spacial score (nSPS) is 18.8. The van der Waals surface area contributed by atoms with Gasteiger partial charge in [0, 0.05) is 17.8 Å². The van der Waals surface area contributed by atoms with Crippen LogP contribution in [0.3, 0.4) is 0 Å². The molecule has 1 atom stereocenters. The zero-order chi connectivity index (χ0) is 19.3. The molecule has 3 heterocycles. The SMILES string of the molecule is C1=C[C@@]2(CNc3ccccc32)c2c(-c3ccccc3)nn(-c3ccccc3)c2O1. The van der Waals surface area contributed by atoms with E-state index in [0.717, 1.165) is 40.6 Å². The molecule has 0 fully saturated rings. The first-order valence-electron chi connectivity index (χ1n) is 9.79. The van der Waals surface area contributed by atoms with Crippen LogP contribution in [0, 0.1) is 0 Å². The quantitative estimate of drug-likeness (QED) is 0.525. The molecule has 2 aliphatic rings. The Labute approximate surface area is 169 Å². The van der Waals surface area contributed by atoms with Gasteiger partial charge in [0.2, 0.25) is 5.88 Å². The van der Waals surface area contributed by atoms with Crippen LogP contribution < -0.4 is 10.1 Å². The van der Waals surface area contributed by atoms with E-state index in [4.69, 9.17) is 9.84 Å². The molecule has 140 valence electrons. The maximum atomic E-state index is 6.11. The van der Waals surface area contributed by atoms with E-state index in [9.17, 15) is 0 Å². The predicted molar refractivity (Wildman–Crippen MR) is 114 cm³/mol. The van der Waals surface area contributed by atoms with Crippen LogP contribution in [0.4, 0.5) is 5.69 Å². The molecule has 0 saturated heterocycles. The van der Waals surface area contributed by atoms with Crippen molar-refractivity contribution in [2.75, 3.05) is 11.9 Å². The monoisotopic (exact) mass is 377 g/mol. The summed E-state index contributed by atoms with van der Waals surface area (Å²) >= 11 is 0. The highest BCUT2D eigenvalue weighted by molar-refractivity contribution is 5.77. The highest BCUT2D eigenvalue weighted by atomic mass is 16.5. The molecule has 4 heteroatoms. The van der Waals surface area contributed by atoms with Crippen LogP contribution in [0.1, 0.15) is 11.1 Å². The number of para-hydroxylation sites is 2. The van der Waals surface area contributed by atoms with Crippen molar-refractivity contribution in [3.63, 3.8) is 0 Å². The molecule has 1 spiro atoms. The Kier molecular flexibility index (Phi) is 3.41. The highest BCUT2D eigenvalue weighted by Crippen LogP contribution is 2.51. The first kappa shape index (κ1) is 16.2. The second-order valence-electron chi connectivity index (χ2n) is 7.43. The minimum absolute atomic E-state index is 0.317. The maximum absolute atomic E-state index is 6.11. The molecule has 0 amide bonds. The Morgan fingerprint density at radius 2 is 1.59 bits per heavy atom. The molecule has 4 nitrogen and oxygen atoms in total. The number of hydrogen-bond acceptors (Lipinski definition) is 3. The molecular formula is C25H19N3O. The summed E-state index contributed by atoms with van der Waals surface area (Å²) in [6.45, 7) is 0.777. The van der Waals surface area contributed by atoms with Gasteiger partial charge in [0.05, 0.1) is 22.9 Å². The molecule has 0 radical (unpaired) electrons. The molecule has 0 unspecified atom stereocenters. The van der Waals surface area contributed by atoms with E-state index in [1.165, 1.54) is 5.56 Å². The Balaban J connectivity index is 1.68. The molecule has 3 aromatic carbocycles. The lowest BCUT2D eigenvalue weighted by molar-refractivity contribution is 0.409. The predicted octanol–water partition coefficient (Wildman–Crippen LogP) is 5.16. The van der Waals surface area contributed by atoms with Crippen LogP contribution in [0.15, 0.2) is 97.3 Å². The fraction of sp³-hybridized carbons (Fsp3) is 0.0800. The van der Waals surface area contributed by atoms with E-state index < -0.39 is 0 Å². The van der Waals surface area contributed by atoms with Crippen molar-refractivity contribution in [2.45, 2.75) is 5.41 Å². The number of aromatic nitrogens is 2. The summed E-state index contributed by atoms with van der Waals surface area (Å²) in [5.41, 5.74) is 6.22. The molecule has 0 aliphatic carbocycles. The number of rotatable bonds is 2. The number of anilines is 1. The third-order valence-electron chi connectivity index (χ3n) is 5.83. The van der Waals surface area contributed by atoms with Crippen LogP contribution in [0.25, 0.3) is 16.9 Å². The van der Waals surface area contributed by atoms with Crippen molar-refractivity contribution in [2.24, 2.45) is 0 Å². The third-order valence-corrected chi connectivity index (χ3v) is 5.83. The van der Waals surface area contributed by atoms with Gasteiger partial charge in [0.25, 0.3) is 0 Å². The van der Waals surface area contributed by atoms with E-state index in [0.29, 0.717) is 0 Å². The lowest BCUT2D eigenvalue weighted by Gasteiger charge is -2.29. The minimum atomic E-state index is -0.317. The molecular weight excluding hydrogens is 358 g/mol. The van der Waals surface area contributed by atoms with Gasteiger partial charge in [-0.15, -0.1) is 0 Å². The van der Waals surface area contributed by atoms with Gasteiger partial charge in [-0.2, -0.15) is 9.78 Å². The summed E-state index contributed by atoms with van der Waals surface area (Å²) in [5, 5.41) is 8.63. The van der Waals surface area contributed by atoms with E-state index in [1.807, 2.05) is 35.2 Å². The molecule has 2 aliphatic heterocycles. The summed E-state index contributed by atoms with van der Waals surface area (Å²) in [6, 6.07) is 29.0. The van der Waals surface area contributed by atoms with Gasteiger partial charge in [-0.1, -0.05) is 66.7 Å². The summed E-state index contributed by atoms with van der Waals surface area (Å²) in [6.07, 6.45) is 3.97. The molecule has 1 N–H and O–H groups in total. The number of ether oxygens (including phenoxy) is 1. The van der Waals surface area contributed by atoms with E-state index >= 15 is 0 Å². The van der Waals surface area contributed by atoms with Crippen LogP contribution >= 0.6 is 0 Å². The summed E-state index contributed by atoms with van der Waals surface area (Å²) in [5.74, 6) is 0.774. The molecule has 6 rings (SSSR count). The number of hydrogen-bond donors (Lipinski definition) is 1. The number of benzene rings is 3. The lowest BCUT2D eigenvalue weighted by atomic mass is 9.74. The van der Waals surface area contributed by atoms with Gasteiger partial charge in [-0.25, -0.2) is 0 Å². The van der Waals surface area contributed by atoms with Gasteiger partial charge < -0.3 is 10.1 Å². The molecule has 29 heavy (non-hydrogen) atoms. The number of fused-ring (bicyclic) bond motifs is 4. The Bertz CT molecular complexity index is 1230. The standard InChI is InChI=1S/C25H19N3O/c1-3-9-18(10-4-1)23-22-24(28(27-23)19-11-5-2-6-12-19)29-16-15-25(22)17-26-21-14-8-7-13-20(21)25/h1-16,26H,17H2/t25-/m0/s1. The fourth-order valence-corrected chi connectivity index (χ4v) is 4.48. The van der Waals surface area contributed by atoms with Gasteiger partial charge in [-0.05, 0) is 29.8 Å². The fourth-order valence-electron chi connectivity index (χ4n) is 4.48. The summed E-state index contributed by atoms with van der Waals surface area (Å²) < 4.78 is 8.03. The average molecular weight is 377 g/mol. The van der Waals surface area contributed by atoms with Crippen molar-refractivity contribution in [1.82, 2.24) is 9.78 Å². The van der Waals surface area contributed by atoms with Crippen molar-refractivity contribution in [3.05, 3.63) is 108 Å². The van der Waals surface area contributed by atoms with Crippen molar-refractivity contribution >= 4 is 5.69 Å². The zero-order valence-electron chi connectivity index (χ0n) is 15.7. The van der Waals surface area contributed by atoms with E-state index in [2.05, 4.69) is 72.1 Å². The van der Waals surface area contributed by atoms with Gasteiger partial charge in [0.15, 0.2) is 0 Å². The Morgan fingerprint density at radius 1 is 0.862 bits per heavy atom. The van der Waals surface area contributed by atoms with Gasteiger partial charge in [-0.3, -0.25) is 0 Å². The molecule has 4 aromatic rings. The Morgan fingerprint density at radius 3 is 2.41 bits per heavy atom. The van der Waals surface area contributed by atoms with Crippen molar-refractivity contribution < 1.29 is 4.74 Å². The zero-order valence-corrected chi connectivity index (χ0v) is 15.7. The number of nitrogens with zero attached hydrogens (tertiary/aromatic N) is 2. The van der Waals surface area contributed by atoms with Gasteiger partial charge in [0.1, 0.15) is 5.69 Å². The third kappa shape index (κ3) is 2.29. The maximum Gasteiger partial charge on any atom is 0.226 e. The van der Waals surface area contributed by atoms with E-state index in [-0.39, 0.29) is 5.41 Å². The second-order valence-corrected chi connectivity index (χ2v) is 7.43. The van der Waals surface area contributed by atoms with Crippen molar-refractivity contribution in [1.29, 1.82) is 0 Å². The van der Waals surface area contributed by atoms with Gasteiger partial charge >= 0.3 is 0 Å². The first-order chi connectivity index (χ1) is 14.4. The average Bonchev–Trinajstić information content (AvgIpc) is 3.36. The minimum Gasteiger partial charge on any atom is -0.447 e. The molecule has 0 bridgehead atoms. The van der Waals surface area contributed by atoms with Crippen LogP contribution in [0.2, 0.25) is 0 Å². The molecule has 0 saturated carbocycles. The molecule has 1 aromatic heterocycles. The van der Waals surface area contributed by atoms with Crippen LogP contribution in [-0.4, -0.2) is 16.3 Å². The van der Waals surface area contributed by atoms with E-state index in [1.54, 1.807) is 0 Å². The van der Waals surface area contributed by atoms with Crippen LogP contribution in [-0.2, 0) is 5.41 Å². The smallest absolute Gasteiger partial charge is 0.226 e. The summed E-state index contributed by atoms with van der Waals surface area (Å²) in [7, 11) is 0. The van der Waals surface area contributed by atoms with Crippen molar-refractivity contribution in [3.8, 4) is 22.8 Å². The van der Waals surface area contributed by atoms with Crippen LogP contribution in [0.5, 0.6) is 5.88 Å².